The van der Waals surface area contributed by atoms with Gasteiger partial charge in [-0.15, -0.1) is 0 Å². The summed E-state index contributed by atoms with van der Waals surface area (Å²) in [6.45, 7) is 15.4. The predicted octanol–water partition coefficient (Wildman–Crippen LogP) is 4.31. The summed E-state index contributed by atoms with van der Waals surface area (Å²) in [6, 6.07) is 0. The van der Waals surface area contributed by atoms with Crippen molar-refractivity contribution in [3.05, 3.63) is 0 Å². The molecule has 0 aromatic heterocycles. The predicted molar refractivity (Wildman–Crippen MR) is 172 cm³/mol. The zero-order valence-electron chi connectivity index (χ0n) is 28.3. The number of unbranched alkanes of at least 4 members (excludes halogenated alkanes) is 7. The van der Waals surface area contributed by atoms with Gasteiger partial charge in [0.1, 0.15) is 0 Å². The van der Waals surface area contributed by atoms with Crippen LogP contribution in [0, 0.1) is 5.92 Å². The highest BCUT2D eigenvalue weighted by atomic mass is 16.6. The largest absolute Gasteiger partial charge is 0.394 e. The van der Waals surface area contributed by atoms with Crippen LogP contribution in [0.4, 0.5) is 0 Å². The van der Waals surface area contributed by atoms with Crippen molar-refractivity contribution in [2.24, 2.45) is 5.92 Å². The van der Waals surface area contributed by atoms with E-state index in [0.29, 0.717) is 126 Å². The van der Waals surface area contributed by atoms with Crippen molar-refractivity contribution < 1.29 is 52.5 Å². The van der Waals surface area contributed by atoms with E-state index in [4.69, 9.17) is 52.5 Å². The first-order valence-corrected chi connectivity index (χ1v) is 17.2. The maximum Gasteiger partial charge on any atom is 0.0701 e. The Labute approximate surface area is 268 Å². The Hall–Kier alpha value is -0.440. The summed E-state index contributed by atoms with van der Waals surface area (Å²) in [5, 5.41) is 8.58. The van der Waals surface area contributed by atoms with Crippen LogP contribution in [0.5, 0.6) is 0 Å². The quantitative estimate of drug-likeness (QED) is 0.0967. The molecule has 0 aliphatic carbocycles. The van der Waals surface area contributed by atoms with Crippen molar-refractivity contribution in [3.8, 4) is 0 Å². The van der Waals surface area contributed by atoms with E-state index < -0.39 is 0 Å². The summed E-state index contributed by atoms with van der Waals surface area (Å²) >= 11 is 0. The Balaban J connectivity index is 3.03. The average Bonchev–Trinajstić information content (AvgIpc) is 3.02. The van der Waals surface area contributed by atoms with Gasteiger partial charge in [-0.05, 0) is 12.3 Å². The van der Waals surface area contributed by atoms with Gasteiger partial charge in [-0.25, -0.2) is 0 Å². The van der Waals surface area contributed by atoms with Gasteiger partial charge in [0, 0.05) is 6.61 Å². The number of rotatable bonds is 40. The Kier molecular flexibility index (Phi) is 40.2. The number of ether oxygens (including phenoxy) is 10. The van der Waals surface area contributed by atoms with Crippen LogP contribution < -0.4 is 0 Å². The van der Waals surface area contributed by atoms with Gasteiger partial charge in [0.2, 0.25) is 0 Å². The standard InChI is InChI=1S/C33H68O11/c1-33(2)11-9-7-5-3-4-6-8-10-13-35-15-17-37-19-21-39-23-25-41-27-29-43-31-32-44-30-28-42-26-24-40-22-20-38-18-16-36-14-12-34/h33-34H,3-32H2,1-2H3. The molecule has 0 saturated carbocycles. The van der Waals surface area contributed by atoms with E-state index >= 15 is 0 Å². The highest BCUT2D eigenvalue weighted by Crippen LogP contribution is 2.12. The fourth-order valence-electron chi connectivity index (χ4n) is 3.96. The lowest BCUT2D eigenvalue weighted by molar-refractivity contribution is -0.0268. The van der Waals surface area contributed by atoms with Gasteiger partial charge < -0.3 is 52.5 Å². The molecule has 0 aromatic rings. The highest BCUT2D eigenvalue weighted by Gasteiger charge is 1.98. The minimum absolute atomic E-state index is 0.0301. The van der Waals surface area contributed by atoms with E-state index in [0.717, 1.165) is 18.9 Å². The molecule has 0 radical (unpaired) electrons. The normalized spacial score (nSPS) is 11.7. The fourth-order valence-corrected chi connectivity index (χ4v) is 3.96. The van der Waals surface area contributed by atoms with Gasteiger partial charge in [0.25, 0.3) is 0 Å². The van der Waals surface area contributed by atoms with Gasteiger partial charge in [-0.1, -0.05) is 65.2 Å². The van der Waals surface area contributed by atoms with Crippen molar-refractivity contribution in [1.29, 1.82) is 0 Å². The summed E-state index contributed by atoms with van der Waals surface area (Å²) in [5.41, 5.74) is 0. The molecule has 0 aromatic carbocycles. The first kappa shape index (κ1) is 43.6. The average molecular weight is 641 g/mol. The summed E-state index contributed by atoms with van der Waals surface area (Å²) < 4.78 is 54.4. The smallest absolute Gasteiger partial charge is 0.0701 e. The first-order chi connectivity index (χ1) is 21.8. The Morgan fingerprint density at radius 2 is 0.523 bits per heavy atom. The maximum absolute atomic E-state index is 8.58. The van der Waals surface area contributed by atoms with E-state index in [1.54, 1.807) is 0 Å². The SMILES string of the molecule is CC(C)CCCCCCCCCCOCCOCCOCCOCCOCCOCCOCCOCCOCCOCCO. The number of aliphatic hydroxyl groups excluding tert-OH is 1. The van der Waals surface area contributed by atoms with Crippen molar-refractivity contribution in [1.82, 2.24) is 0 Å². The second kappa shape index (κ2) is 40.6. The van der Waals surface area contributed by atoms with Crippen LogP contribution in [0.1, 0.15) is 71.6 Å². The van der Waals surface area contributed by atoms with Gasteiger partial charge in [-0.3, -0.25) is 0 Å². The third-order valence-corrected chi connectivity index (χ3v) is 6.40. The highest BCUT2D eigenvalue weighted by molar-refractivity contribution is 4.50. The molecule has 0 aliphatic heterocycles. The van der Waals surface area contributed by atoms with Crippen molar-refractivity contribution in [2.45, 2.75) is 71.6 Å². The van der Waals surface area contributed by atoms with Crippen molar-refractivity contribution in [3.63, 3.8) is 0 Å². The molecule has 44 heavy (non-hydrogen) atoms. The van der Waals surface area contributed by atoms with Gasteiger partial charge in [0.05, 0.1) is 132 Å². The zero-order chi connectivity index (χ0) is 31.9. The molecule has 266 valence electrons. The van der Waals surface area contributed by atoms with E-state index in [1.807, 2.05) is 0 Å². The van der Waals surface area contributed by atoms with Crippen LogP contribution in [-0.4, -0.2) is 144 Å². The topological polar surface area (TPSA) is 113 Å². The van der Waals surface area contributed by atoms with E-state index in [-0.39, 0.29) is 6.61 Å². The molecule has 0 saturated heterocycles. The van der Waals surface area contributed by atoms with Gasteiger partial charge in [0.15, 0.2) is 0 Å². The van der Waals surface area contributed by atoms with Crippen LogP contribution in [0.15, 0.2) is 0 Å². The van der Waals surface area contributed by atoms with Crippen molar-refractivity contribution in [2.75, 3.05) is 139 Å². The Morgan fingerprint density at radius 1 is 0.295 bits per heavy atom. The molecular formula is C33H68O11. The molecule has 0 bridgehead atoms. The Morgan fingerprint density at radius 3 is 0.795 bits per heavy atom. The van der Waals surface area contributed by atoms with Crippen LogP contribution in [0.2, 0.25) is 0 Å². The van der Waals surface area contributed by atoms with E-state index in [2.05, 4.69) is 13.8 Å². The van der Waals surface area contributed by atoms with Crippen LogP contribution >= 0.6 is 0 Å². The van der Waals surface area contributed by atoms with Gasteiger partial charge in [-0.2, -0.15) is 0 Å². The minimum atomic E-state index is 0.0301. The number of hydrogen-bond donors (Lipinski definition) is 1. The van der Waals surface area contributed by atoms with Gasteiger partial charge >= 0.3 is 0 Å². The number of aliphatic hydroxyl groups is 1. The van der Waals surface area contributed by atoms with Crippen molar-refractivity contribution >= 4 is 0 Å². The zero-order valence-corrected chi connectivity index (χ0v) is 28.3. The van der Waals surface area contributed by atoms with E-state index in [9.17, 15) is 0 Å². The lowest BCUT2D eigenvalue weighted by Crippen LogP contribution is -2.15. The third kappa shape index (κ3) is 41.6. The third-order valence-electron chi connectivity index (χ3n) is 6.40. The fraction of sp³-hybridized carbons (Fsp3) is 1.00. The molecule has 11 heteroatoms. The summed E-state index contributed by atoms with van der Waals surface area (Å²) in [5.74, 6) is 0.847. The number of hydrogen-bond acceptors (Lipinski definition) is 11. The summed E-state index contributed by atoms with van der Waals surface area (Å²) in [7, 11) is 0. The molecule has 0 atom stereocenters. The minimum Gasteiger partial charge on any atom is -0.394 e. The first-order valence-electron chi connectivity index (χ1n) is 17.2. The molecule has 0 heterocycles. The van der Waals surface area contributed by atoms with Crippen LogP contribution in [0.25, 0.3) is 0 Å². The molecule has 0 spiro atoms. The molecule has 0 amide bonds. The molecule has 0 aliphatic rings. The maximum atomic E-state index is 8.58. The monoisotopic (exact) mass is 640 g/mol. The summed E-state index contributed by atoms with van der Waals surface area (Å²) in [6.07, 6.45) is 12.0. The Bertz CT molecular complexity index is 500. The lowest BCUT2D eigenvalue weighted by Gasteiger charge is -2.09. The molecule has 0 rings (SSSR count). The molecule has 0 unspecified atom stereocenters. The second-order valence-electron chi connectivity index (χ2n) is 10.9. The van der Waals surface area contributed by atoms with E-state index in [1.165, 1.54) is 51.4 Å². The molecule has 11 nitrogen and oxygen atoms in total. The molecule has 0 fully saturated rings. The molecular weight excluding hydrogens is 572 g/mol. The van der Waals surface area contributed by atoms with Crippen LogP contribution in [-0.2, 0) is 47.4 Å². The second-order valence-corrected chi connectivity index (χ2v) is 10.9. The lowest BCUT2D eigenvalue weighted by atomic mass is 10.0. The van der Waals surface area contributed by atoms with Crippen LogP contribution in [0.3, 0.4) is 0 Å². The molecule has 1 N–H and O–H groups in total. The summed E-state index contributed by atoms with van der Waals surface area (Å²) in [4.78, 5) is 0.